The molecular weight excluding hydrogens is 460 g/mol. The summed E-state index contributed by atoms with van der Waals surface area (Å²) in [5.41, 5.74) is 3.09. The first kappa shape index (κ1) is 23.0. The van der Waals surface area contributed by atoms with Gasteiger partial charge in [-0.15, -0.1) is 0 Å². The summed E-state index contributed by atoms with van der Waals surface area (Å²) < 4.78 is 18.2. The molecule has 0 bridgehead atoms. The second kappa shape index (κ2) is 9.77. The van der Waals surface area contributed by atoms with Gasteiger partial charge in [-0.25, -0.2) is 4.98 Å². The zero-order valence-corrected chi connectivity index (χ0v) is 20.3. The first-order valence-corrected chi connectivity index (χ1v) is 11.5. The van der Waals surface area contributed by atoms with E-state index < -0.39 is 0 Å². The van der Waals surface area contributed by atoms with Gasteiger partial charge in [-0.1, -0.05) is 53.2 Å². The van der Waals surface area contributed by atoms with E-state index in [1.807, 2.05) is 55.5 Å². The van der Waals surface area contributed by atoms with Crippen molar-refractivity contribution in [1.29, 1.82) is 0 Å². The molecule has 3 aromatic carbocycles. The van der Waals surface area contributed by atoms with Gasteiger partial charge in [0.25, 0.3) is 5.56 Å². The summed E-state index contributed by atoms with van der Waals surface area (Å²) in [6.07, 6.45) is 0. The van der Waals surface area contributed by atoms with Crippen LogP contribution in [0.15, 0.2) is 64.5 Å². The van der Waals surface area contributed by atoms with Gasteiger partial charge in [0.1, 0.15) is 5.52 Å². The number of nitrogens with zero attached hydrogens (tertiary/aromatic N) is 2. The number of rotatable bonds is 7. The topological polar surface area (TPSA) is 62.6 Å². The summed E-state index contributed by atoms with van der Waals surface area (Å²) in [7, 11) is 4.56. The van der Waals surface area contributed by atoms with E-state index in [4.69, 9.17) is 30.8 Å². The van der Waals surface area contributed by atoms with Gasteiger partial charge in [0.15, 0.2) is 16.7 Å². The van der Waals surface area contributed by atoms with E-state index in [0.717, 1.165) is 16.8 Å². The number of hydrogen-bond donors (Lipinski definition) is 0. The minimum absolute atomic E-state index is 0.221. The average Bonchev–Trinajstić information content (AvgIpc) is 2.83. The number of thioether (sulfide) groups is 1. The Kier molecular flexibility index (Phi) is 6.81. The summed E-state index contributed by atoms with van der Waals surface area (Å²) in [4.78, 5) is 18.6. The highest BCUT2D eigenvalue weighted by atomic mass is 35.5. The molecule has 6 nitrogen and oxygen atoms in total. The van der Waals surface area contributed by atoms with Crippen molar-refractivity contribution < 1.29 is 14.2 Å². The Morgan fingerprint density at radius 1 is 0.939 bits per heavy atom. The van der Waals surface area contributed by atoms with E-state index >= 15 is 0 Å². The lowest BCUT2D eigenvalue weighted by molar-refractivity contribution is 0.326. The van der Waals surface area contributed by atoms with Crippen LogP contribution in [0.4, 0.5) is 0 Å². The minimum atomic E-state index is -0.221. The molecule has 0 saturated carbocycles. The Labute approximate surface area is 201 Å². The van der Waals surface area contributed by atoms with E-state index in [1.165, 1.54) is 33.1 Å². The fraction of sp³-hybridized carbons (Fsp3) is 0.200. The van der Waals surface area contributed by atoms with Crippen LogP contribution in [0.25, 0.3) is 16.6 Å². The van der Waals surface area contributed by atoms with Crippen LogP contribution in [0.5, 0.6) is 17.2 Å². The summed E-state index contributed by atoms with van der Waals surface area (Å²) in [6, 6.07) is 17.0. The van der Waals surface area contributed by atoms with Gasteiger partial charge in [-0.05, 0) is 42.8 Å². The lowest BCUT2D eigenvalue weighted by Gasteiger charge is -2.17. The molecule has 0 radical (unpaired) electrons. The molecule has 170 valence electrons. The smallest absolute Gasteiger partial charge is 0.266 e. The molecule has 0 N–H and O–H groups in total. The quantitative estimate of drug-likeness (QED) is 0.250. The number of hydrogen-bond acceptors (Lipinski definition) is 6. The monoisotopic (exact) mass is 482 g/mol. The van der Waals surface area contributed by atoms with Crippen molar-refractivity contribution in [2.24, 2.45) is 0 Å². The van der Waals surface area contributed by atoms with Gasteiger partial charge in [0.2, 0.25) is 5.75 Å². The number of fused-ring (bicyclic) bond motifs is 1. The zero-order valence-electron chi connectivity index (χ0n) is 18.7. The highest BCUT2D eigenvalue weighted by molar-refractivity contribution is 7.98. The molecular formula is C25H23ClN2O4S. The number of aryl methyl sites for hydroxylation is 1. The van der Waals surface area contributed by atoms with Gasteiger partial charge in [0.05, 0.1) is 32.4 Å². The second-order valence-electron chi connectivity index (χ2n) is 7.33. The Hall–Kier alpha value is -3.16. The van der Waals surface area contributed by atoms with Crippen LogP contribution in [-0.2, 0) is 5.75 Å². The molecule has 0 atom stereocenters. The lowest BCUT2D eigenvalue weighted by atomic mass is 10.2. The first-order valence-electron chi connectivity index (χ1n) is 10.2. The van der Waals surface area contributed by atoms with E-state index in [1.54, 1.807) is 10.6 Å². The fourth-order valence-corrected chi connectivity index (χ4v) is 4.60. The van der Waals surface area contributed by atoms with Gasteiger partial charge < -0.3 is 14.2 Å². The minimum Gasteiger partial charge on any atom is -0.493 e. The largest absolute Gasteiger partial charge is 0.493 e. The van der Waals surface area contributed by atoms with Crippen molar-refractivity contribution >= 4 is 34.3 Å². The highest BCUT2D eigenvalue weighted by Crippen LogP contribution is 2.42. The maximum absolute atomic E-state index is 13.8. The van der Waals surface area contributed by atoms with Crippen LogP contribution >= 0.6 is 23.4 Å². The molecule has 0 saturated heterocycles. The van der Waals surface area contributed by atoms with Crippen LogP contribution in [0.3, 0.4) is 0 Å². The van der Waals surface area contributed by atoms with Crippen molar-refractivity contribution in [3.63, 3.8) is 0 Å². The van der Waals surface area contributed by atoms with E-state index in [9.17, 15) is 4.79 Å². The third-order valence-electron chi connectivity index (χ3n) is 5.21. The second-order valence-corrected chi connectivity index (χ2v) is 8.71. The standard InChI is InChI=1S/C25H23ClN2O4S/c1-15-5-11-18(12-6-15)28-24(29)19-13-20(30-2)22(31-3)23(32-4)21(19)27-25(28)33-14-16-7-9-17(26)10-8-16/h5-13H,14H2,1-4H3. The van der Waals surface area contributed by atoms with Crippen LogP contribution in [-0.4, -0.2) is 30.9 Å². The van der Waals surface area contributed by atoms with Crippen molar-refractivity contribution in [2.45, 2.75) is 17.8 Å². The fourth-order valence-electron chi connectivity index (χ4n) is 3.51. The molecule has 33 heavy (non-hydrogen) atoms. The zero-order chi connectivity index (χ0) is 23.5. The van der Waals surface area contributed by atoms with Crippen LogP contribution in [0.1, 0.15) is 11.1 Å². The highest BCUT2D eigenvalue weighted by Gasteiger charge is 2.22. The third-order valence-corrected chi connectivity index (χ3v) is 6.47. The molecule has 8 heteroatoms. The number of benzene rings is 3. The molecule has 1 heterocycles. The van der Waals surface area contributed by atoms with Crippen LogP contribution < -0.4 is 19.8 Å². The summed E-state index contributed by atoms with van der Waals surface area (Å²) in [6.45, 7) is 2.00. The summed E-state index contributed by atoms with van der Waals surface area (Å²) >= 11 is 7.48. The molecule has 0 aliphatic heterocycles. The Balaban J connectivity index is 1.95. The van der Waals surface area contributed by atoms with Crippen LogP contribution in [0, 0.1) is 6.92 Å². The number of aromatic nitrogens is 2. The van der Waals surface area contributed by atoms with Gasteiger partial charge >= 0.3 is 0 Å². The Morgan fingerprint density at radius 3 is 2.21 bits per heavy atom. The van der Waals surface area contributed by atoms with E-state index in [0.29, 0.717) is 44.1 Å². The number of ether oxygens (including phenoxy) is 3. The molecule has 0 amide bonds. The lowest BCUT2D eigenvalue weighted by Crippen LogP contribution is -2.22. The Bertz CT molecular complexity index is 1350. The summed E-state index contributed by atoms with van der Waals surface area (Å²) in [5.74, 6) is 1.75. The first-order chi connectivity index (χ1) is 16.0. The third kappa shape index (κ3) is 4.51. The van der Waals surface area contributed by atoms with Crippen molar-refractivity contribution in [3.05, 3.63) is 81.1 Å². The molecule has 0 fully saturated rings. The maximum atomic E-state index is 13.8. The molecule has 0 unspecified atom stereocenters. The van der Waals surface area contributed by atoms with Gasteiger partial charge in [-0.2, -0.15) is 0 Å². The van der Waals surface area contributed by atoms with Gasteiger partial charge in [0, 0.05) is 10.8 Å². The van der Waals surface area contributed by atoms with E-state index in [2.05, 4.69) is 0 Å². The normalized spacial score (nSPS) is 10.9. The van der Waals surface area contributed by atoms with Crippen molar-refractivity contribution in [1.82, 2.24) is 9.55 Å². The molecule has 0 aliphatic rings. The number of halogens is 1. The molecule has 4 rings (SSSR count). The predicted octanol–water partition coefficient (Wildman–Crippen LogP) is 5.67. The van der Waals surface area contributed by atoms with E-state index in [-0.39, 0.29) is 5.56 Å². The predicted molar refractivity (Wildman–Crippen MR) is 133 cm³/mol. The Morgan fingerprint density at radius 2 is 1.61 bits per heavy atom. The average molecular weight is 483 g/mol. The molecule has 0 aliphatic carbocycles. The summed E-state index contributed by atoms with van der Waals surface area (Å²) in [5, 5.41) is 1.59. The SMILES string of the molecule is COc1cc2c(=O)n(-c3ccc(C)cc3)c(SCc3ccc(Cl)cc3)nc2c(OC)c1OC. The molecule has 0 spiro atoms. The molecule has 4 aromatic rings. The number of methoxy groups -OCH3 is 3. The van der Waals surface area contributed by atoms with Crippen molar-refractivity contribution in [2.75, 3.05) is 21.3 Å². The van der Waals surface area contributed by atoms with Crippen LogP contribution in [0.2, 0.25) is 5.02 Å². The van der Waals surface area contributed by atoms with Crippen molar-refractivity contribution in [3.8, 4) is 22.9 Å². The van der Waals surface area contributed by atoms with Gasteiger partial charge in [-0.3, -0.25) is 9.36 Å². The molecule has 1 aromatic heterocycles. The maximum Gasteiger partial charge on any atom is 0.266 e.